The largest absolute Gasteiger partial charge is 0.0750 e. The van der Waals surface area contributed by atoms with Crippen LogP contribution in [0, 0.1) is 0 Å². The molecule has 0 aromatic rings. The Labute approximate surface area is 37.4 Å². The predicted octanol–water partition coefficient (Wildman–Crippen LogP) is 1.28. The summed E-state index contributed by atoms with van der Waals surface area (Å²) in [5, 5.41) is 0. The van der Waals surface area contributed by atoms with E-state index in [0.717, 1.165) is 0 Å². The second-order valence-electron chi connectivity index (χ2n) is 0.707. The monoisotopic (exact) mass is 90.1 g/mol. The lowest BCUT2D eigenvalue weighted by Crippen LogP contribution is -1.53. The maximum Gasteiger partial charge on any atom is 0.0135 e. The van der Waals surface area contributed by atoms with Crippen LogP contribution in [-0.4, -0.2) is 9.52 Å². The number of rotatable bonds is 0. The van der Waals surface area contributed by atoms with E-state index < -0.39 is 0 Å². The van der Waals surface area contributed by atoms with Crippen molar-refractivity contribution in [2.75, 3.05) is 0 Å². The van der Waals surface area contributed by atoms with E-state index in [2.05, 4.69) is 13.1 Å². The van der Waals surface area contributed by atoms with Crippen LogP contribution < -0.4 is 0 Å². The van der Waals surface area contributed by atoms with E-state index in [1.807, 2.05) is 13.8 Å². The van der Waals surface area contributed by atoms with Crippen molar-refractivity contribution in [2.24, 2.45) is 0 Å². The highest BCUT2D eigenvalue weighted by atomic mass is 28.2. The summed E-state index contributed by atoms with van der Waals surface area (Å²) in [7, 11) is 0.417. The molecule has 0 amide bonds. The molecule has 0 aliphatic rings. The molecule has 0 unspecified atom stereocenters. The zero-order valence-electron chi connectivity index (χ0n) is 4.71. The summed E-state index contributed by atoms with van der Waals surface area (Å²) in [6.07, 6.45) is 0. The van der Waals surface area contributed by atoms with Gasteiger partial charge in [0.2, 0.25) is 0 Å². The van der Waals surface area contributed by atoms with Gasteiger partial charge in [-0.1, -0.05) is 26.9 Å². The first-order valence-electron chi connectivity index (χ1n) is 2.41. The van der Waals surface area contributed by atoms with Crippen LogP contribution in [0.1, 0.15) is 13.8 Å². The lowest BCUT2D eigenvalue weighted by atomic mass is 11.0. The molecule has 0 heterocycles. The maximum absolute atomic E-state index is 2.26. The molecule has 0 saturated carbocycles. The summed E-state index contributed by atoms with van der Waals surface area (Å²) in [5.41, 5.74) is 0. The highest BCUT2D eigenvalue weighted by Gasteiger charge is 1.38. The second-order valence-corrected chi connectivity index (χ2v) is 2.12. The van der Waals surface area contributed by atoms with Gasteiger partial charge < -0.3 is 0 Å². The van der Waals surface area contributed by atoms with Gasteiger partial charge in [0.05, 0.1) is 0 Å². The molecule has 0 bridgehead atoms. The van der Waals surface area contributed by atoms with Crippen molar-refractivity contribution in [1.82, 2.24) is 0 Å². The summed E-state index contributed by atoms with van der Waals surface area (Å²) in [5.74, 6) is 0. The Morgan fingerprint density at radius 2 is 1.00 bits per heavy atom. The minimum Gasteiger partial charge on any atom is -0.0750 e. The van der Waals surface area contributed by atoms with Crippen LogP contribution in [0.2, 0.25) is 13.1 Å². The van der Waals surface area contributed by atoms with Crippen LogP contribution in [0.3, 0.4) is 0 Å². The van der Waals surface area contributed by atoms with Gasteiger partial charge in [0.15, 0.2) is 0 Å². The third-order valence-corrected chi connectivity index (χ3v) is 0. The van der Waals surface area contributed by atoms with Crippen molar-refractivity contribution in [2.45, 2.75) is 26.9 Å². The van der Waals surface area contributed by atoms with Crippen molar-refractivity contribution in [3.8, 4) is 0 Å². The fourth-order valence-electron chi connectivity index (χ4n) is 0. The molecular formula is C4H14Si. The van der Waals surface area contributed by atoms with Crippen LogP contribution >= 0.6 is 0 Å². The Morgan fingerprint density at radius 3 is 1.00 bits per heavy atom. The predicted molar refractivity (Wildman–Crippen MR) is 31.6 cm³/mol. The van der Waals surface area contributed by atoms with Gasteiger partial charge >= 0.3 is 0 Å². The Kier molecular flexibility index (Phi) is 52.8. The van der Waals surface area contributed by atoms with Crippen molar-refractivity contribution in [3.05, 3.63) is 0 Å². The van der Waals surface area contributed by atoms with Gasteiger partial charge in [0.1, 0.15) is 0 Å². The summed E-state index contributed by atoms with van der Waals surface area (Å²) >= 11 is 0. The molecule has 0 nitrogen and oxygen atoms in total. The molecule has 0 aromatic heterocycles. The molecular weight excluding hydrogens is 76.1 g/mol. The number of hydrogen-bond acceptors (Lipinski definition) is 0. The van der Waals surface area contributed by atoms with Crippen molar-refractivity contribution in [1.29, 1.82) is 0 Å². The highest BCUT2D eigenvalue weighted by molar-refractivity contribution is 6.31. The third-order valence-electron chi connectivity index (χ3n) is 0. The Hall–Kier alpha value is 0.217. The van der Waals surface area contributed by atoms with Gasteiger partial charge in [-0.25, -0.2) is 0 Å². The smallest absolute Gasteiger partial charge is 0.0135 e. The minimum absolute atomic E-state index is 0.417. The lowest BCUT2D eigenvalue weighted by molar-refractivity contribution is 1.50. The molecule has 0 N–H and O–H groups in total. The average Bonchev–Trinajstić information content (AvgIpc) is 1.46. The van der Waals surface area contributed by atoms with Gasteiger partial charge in [-0.15, -0.1) is 0 Å². The van der Waals surface area contributed by atoms with Crippen molar-refractivity contribution in [3.63, 3.8) is 0 Å². The van der Waals surface area contributed by atoms with E-state index >= 15 is 0 Å². The van der Waals surface area contributed by atoms with Crippen molar-refractivity contribution >= 4 is 9.52 Å². The Balaban J connectivity index is 0. The van der Waals surface area contributed by atoms with Crippen LogP contribution in [0.4, 0.5) is 0 Å². The van der Waals surface area contributed by atoms with E-state index in [0.29, 0.717) is 9.52 Å². The molecule has 34 valence electrons. The van der Waals surface area contributed by atoms with Crippen molar-refractivity contribution < 1.29 is 0 Å². The highest BCUT2D eigenvalue weighted by Crippen LogP contribution is 1.36. The van der Waals surface area contributed by atoms with E-state index in [1.54, 1.807) is 0 Å². The topological polar surface area (TPSA) is 0 Å². The standard InChI is InChI=1S/C2H8Si.C2H6/c1-3-2;1-2/h3H2,1-2H3;1-2H3. The minimum atomic E-state index is 0.417. The van der Waals surface area contributed by atoms with Crippen LogP contribution in [0.25, 0.3) is 0 Å². The zero-order valence-corrected chi connectivity index (χ0v) is 6.12. The van der Waals surface area contributed by atoms with E-state index in [9.17, 15) is 0 Å². The molecule has 0 fully saturated rings. The SMILES string of the molecule is CC.C[SiH2]C. The molecule has 1 heteroatoms. The molecule has 0 radical (unpaired) electrons. The maximum atomic E-state index is 2.26. The quantitative estimate of drug-likeness (QED) is 0.393. The fourth-order valence-corrected chi connectivity index (χ4v) is 0. The normalized spacial score (nSPS) is 4.80. The lowest BCUT2D eigenvalue weighted by Gasteiger charge is -1.45. The molecule has 0 saturated heterocycles. The average molecular weight is 90.2 g/mol. The van der Waals surface area contributed by atoms with Gasteiger partial charge in [-0.2, -0.15) is 0 Å². The molecule has 5 heavy (non-hydrogen) atoms. The van der Waals surface area contributed by atoms with Crippen LogP contribution in [0.5, 0.6) is 0 Å². The van der Waals surface area contributed by atoms with E-state index in [-0.39, 0.29) is 0 Å². The van der Waals surface area contributed by atoms with Crippen LogP contribution in [-0.2, 0) is 0 Å². The summed E-state index contributed by atoms with van der Waals surface area (Å²) in [6.45, 7) is 8.53. The van der Waals surface area contributed by atoms with Gasteiger partial charge in [-0.05, 0) is 0 Å². The molecule has 0 aromatic carbocycles. The van der Waals surface area contributed by atoms with E-state index in [4.69, 9.17) is 0 Å². The van der Waals surface area contributed by atoms with Gasteiger partial charge in [0, 0.05) is 9.52 Å². The summed E-state index contributed by atoms with van der Waals surface area (Å²) in [6, 6.07) is 0. The second kappa shape index (κ2) is 29.5. The van der Waals surface area contributed by atoms with Gasteiger partial charge in [0.25, 0.3) is 0 Å². The first-order valence-corrected chi connectivity index (χ1v) is 5.24. The van der Waals surface area contributed by atoms with Gasteiger partial charge in [-0.3, -0.25) is 0 Å². The first-order chi connectivity index (χ1) is 2.41. The first kappa shape index (κ1) is 8.96. The molecule has 0 rings (SSSR count). The Morgan fingerprint density at radius 1 is 1.00 bits per heavy atom. The fraction of sp³-hybridized carbons (Fsp3) is 1.00. The molecule has 0 aliphatic heterocycles. The zero-order chi connectivity index (χ0) is 4.71. The molecule has 0 atom stereocenters. The Bertz CT molecular complexity index is 3.61. The third kappa shape index (κ3) is 441. The number of hydrogen-bond donors (Lipinski definition) is 0. The summed E-state index contributed by atoms with van der Waals surface area (Å²) in [4.78, 5) is 0. The summed E-state index contributed by atoms with van der Waals surface area (Å²) < 4.78 is 0. The van der Waals surface area contributed by atoms with E-state index in [1.165, 1.54) is 0 Å². The molecule has 0 aliphatic carbocycles. The van der Waals surface area contributed by atoms with Crippen LogP contribution in [0.15, 0.2) is 0 Å². The molecule has 0 spiro atoms.